The topological polar surface area (TPSA) is 86.0 Å². The van der Waals surface area contributed by atoms with Crippen molar-refractivity contribution in [1.82, 2.24) is 14.3 Å². The maximum Gasteiger partial charge on any atom is 0.272 e. The van der Waals surface area contributed by atoms with Gasteiger partial charge < -0.3 is 9.97 Å². The maximum absolute atomic E-state index is 12.7. The molecular weight excluding hydrogens is 334 g/mol. The zero-order valence-electron chi connectivity index (χ0n) is 12.8. The van der Waals surface area contributed by atoms with Crippen molar-refractivity contribution >= 4 is 43.6 Å². The molecule has 0 aliphatic heterocycles. The van der Waals surface area contributed by atoms with Gasteiger partial charge in [0.1, 0.15) is 5.52 Å². The molecule has 2 N–H and O–H groups in total. The number of rotatable bonds is 5. The van der Waals surface area contributed by atoms with Gasteiger partial charge in [0.2, 0.25) is 10.0 Å². The van der Waals surface area contributed by atoms with Crippen LogP contribution in [-0.2, 0) is 10.0 Å². The average Bonchev–Trinajstić information content (AvgIpc) is 3.02. The molecular formula is C15H17N3O3S2. The molecule has 3 rings (SSSR count). The molecule has 3 aromatic rings. The van der Waals surface area contributed by atoms with E-state index in [2.05, 4.69) is 9.97 Å². The number of aromatic nitrogens is 2. The first kappa shape index (κ1) is 16.1. The molecule has 6 nitrogen and oxygen atoms in total. The van der Waals surface area contributed by atoms with E-state index in [0.29, 0.717) is 28.4 Å². The van der Waals surface area contributed by atoms with E-state index in [-0.39, 0.29) is 10.5 Å². The summed E-state index contributed by atoms with van der Waals surface area (Å²) < 4.78 is 26.7. The lowest BCUT2D eigenvalue weighted by Gasteiger charge is -2.17. The highest BCUT2D eigenvalue weighted by Crippen LogP contribution is 2.25. The molecule has 0 aliphatic carbocycles. The Morgan fingerprint density at radius 1 is 1.22 bits per heavy atom. The fourth-order valence-electron chi connectivity index (χ4n) is 2.50. The number of sulfonamides is 1. The molecule has 2 aromatic heterocycles. The van der Waals surface area contributed by atoms with Crippen LogP contribution in [-0.4, -0.2) is 48.3 Å². The zero-order valence-corrected chi connectivity index (χ0v) is 14.4. The molecule has 0 radical (unpaired) electrons. The first-order chi connectivity index (χ1) is 10.9. The minimum absolute atomic E-state index is 0.217. The highest BCUT2D eigenvalue weighted by Gasteiger charge is 2.21. The van der Waals surface area contributed by atoms with Crippen molar-refractivity contribution < 1.29 is 8.42 Å². The molecule has 2 heterocycles. The molecule has 1 aromatic carbocycles. The molecule has 0 saturated heterocycles. The lowest BCUT2D eigenvalue weighted by Crippen LogP contribution is -2.29. The Labute approximate surface area is 137 Å². The normalized spacial score (nSPS) is 12.5. The van der Waals surface area contributed by atoms with Crippen LogP contribution < -0.4 is 5.56 Å². The minimum Gasteiger partial charge on any atom is -0.357 e. The molecule has 0 aliphatic rings. The van der Waals surface area contributed by atoms with Crippen molar-refractivity contribution in [1.29, 1.82) is 0 Å². The standard InChI is InChI=1S/C15H17N3O3S2/c1-18(7-8-22-2)23(20,21)10-3-4-13-12(9-10)11-5-6-16-14(11)15(19)17-13/h3-6,9,16H,7-8H2,1-2H3,(H,17,19). The quantitative estimate of drug-likeness (QED) is 0.736. The van der Waals surface area contributed by atoms with E-state index in [0.717, 1.165) is 5.75 Å². The van der Waals surface area contributed by atoms with Crippen molar-refractivity contribution in [2.75, 3.05) is 25.6 Å². The number of fused-ring (bicyclic) bond motifs is 3. The minimum atomic E-state index is -3.55. The number of thioether (sulfide) groups is 1. The van der Waals surface area contributed by atoms with Crippen molar-refractivity contribution in [2.45, 2.75) is 4.90 Å². The van der Waals surface area contributed by atoms with E-state index in [4.69, 9.17) is 0 Å². The Kier molecular flexibility index (Phi) is 4.22. The summed E-state index contributed by atoms with van der Waals surface area (Å²) >= 11 is 1.60. The summed E-state index contributed by atoms with van der Waals surface area (Å²) in [4.78, 5) is 17.8. The summed E-state index contributed by atoms with van der Waals surface area (Å²) in [5, 5.41) is 1.42. The number of benzene rings is 1. The highest BCUT2D eigenvalue weighted by atomic mass is 32.2. The van der Waals surface area contributed by atoms with Crippen LogP contribution in [0.5, 0.6) is 0 Å². The summed E-state index contributed by atoms with van der Waals surface area (Å²) in [6, 6.07) is 6.56. The van der Waals surface area contributed by atoms with Gasteiger partial charge >= 0.3 is 0 Å². The summed E-state index contributed by atoms with van der Waals surface area (Å²) in [5.74, 6) is 0.735. The van der Waals surface area contributed by atoms with Gasteiger partial charge in [0, 0.05) is 41.8 Å². The summed E-state index contributed by atoms with van der Waals surface area (Å²) in [5.41, 5.74) is 0.848. The number of hydrogen-bond acceptors (Lipinski definition) is 4. The average molecular weight is 351 g/mol. The fraction of sp³-hybridized carbons (Fsp3) is 0.267. The van der Waals surface area contributed by atoms with Crippen molar-refractivity contribution in [3.63, 3.8) is 0 Å². The van der Waals surface area contributed by atoms with Gasteiger partial charge in [0.15, 0.2) is 0 Å². The molecule has 0 atom stereocenters. The second-order valence-corrected chi connectivity index (χ2v) is 8.28. The number of aromatic amines is 2. The second-order valence-electron chi connectivity index (χ2n) is 5.25. The fourth-order valence-corrected chi connectivity index (χ4v) is 4.27. The summed E-state index contributed by atoms with van der Waals surface area (Å²) in [6.07, 6.45) is 3.61. The molecule has 0 amide bonds. The Bertz CT molecular complexity index is 1020. The summed E-state index contributed by atoms with van der Waals surface area (Å²) in [7, 11) is -1.97. The number of pyridine rings is 1. The molecule has 0 bridgehead atoms. The smallest absolute Gasteiger partial charge is 0.272 e. The van der Waals surface area contributed by atoms with Crippen LogP contribution in [0.3, 0.4) is 0 Å². The SMILES string of the molecule is CSCCN(C)S(=O)(=O)c1ccc2[nH]c(=O)c3[nH]ccc3c2c1. The van der Waals surface area contributed by atoms with Gasteiger partial charge in [-0.25, -0.2) is 12.7 Å². The Balaban J connectivity index is 2.16. The third-order valence-corrected chi connectivity index (χ3v) is 6.27. The van der Waals surface area contributed by atoms with E-state index in [1.807, 2.05) is 6.26 Å². The lowest BCUT2D eigenvalue weighted by molar-refractivity contribution is 0.489. The second kappa shape index (κ2) is 6.03. The molecule has 122 valence electrons. The van der Waals surface area contributed by atoms with E-state index in [9.17, 15) is 13.2 Å². The van der Waals surface area contributed by atoms with Crippen LogP contribution >= 0.6 is 11.8 Å². The Morgan fingerprint density at radius 3 is 2.74 bits per heavy atom. The molecule has 23 heavy (non-hydrogen) atoms. The molecule has 0 unspecified atom stereocenters. The Morgan fingerprint density at radius 2 is 2.00 bits per heavy atom. The molecule has 8 heteroatoms. The van der Waals surface area contributed by atoms with Gasteiger partial charge in [0.05, 0.1) is 4.90 Å². The van der Waals surface area contributed by atoms with Crippen LogP contribution in [0, 0.1) is 0 Å². The van der Waals surface area contributed by atoms with Gasteiger partial charge in [-0.2, -0.15) is 11.8 Å². The number of nitrogens with one attached hydrogen (secondary N) is 2. The highest BCUT2D eigenvalue weighted by molar-refractivity contribution is 7.98. The van der Waals surface area contributed by atoms with Crippen LogP contribution in [0.4, 0.5) is 0 Å². The van der Waals surface area contributed by atoms with E-state index < -0.39 is 10.0 Å². The van der Waals surface area contributed by atoms with Gasteiger partial charge in [-0.05, 0) is 30.5 Å². The molecule has 0 spiro atoms. The van der Waals surface area contributed by atoms with Gasteiger partial charge in [-0.15, -0.1) is 0 Å². The van der Waals surface area contributed by atoms with Gasteiger partial charge in [0.25, 0.3) is 5.56 Å². The largest absolute Gasteiger partial charge is 0.357 e. The van der Waals surface area contributed by atoms with E-state index in [1.165, 1.54) is 10.4 Å². The van der Waals surface area contributed by atoms with Crippen molar-refractivity contribution in [2.24, 2.45) is 0 Å². The van der Waals surface area contributed by atoms with Crippen LogP contribution in [0.25, 0.3) is 21.8 Å². The maximum atomic E-state index is 12.7. The number of H-pyrrole nitrogens is 2. The first-order valence-electron chi connectivity index (χ1n) is 7.03. The lowest BCUT2D eigenvalue weighted by atomic mass is 10.1. The monoisotopic (exact) mass is 351 g/mol. The third kappa shape index (κ3) is 2.77. The summed E-state index contributed by atoms with van der Waals surface area (Å²) in [6.45, 7) is 0.451. The van der Waals surface area contributed by atoms with Gasteiger partial charge in [-0.3, -0.25) is 4.79 Å². The first-order valence-corrected chi connectivity index (χ1v) is 9.87. The number of hydrogen-bond donors (Lipinski definition) is 2. The predicted molar refractivity (Wildman–Crippen MR) is 94.6 cm³/mol. The van der Waals surface area contributed by atoms with Crippen LogP contribution in [0.15, 0.2) is 40.2 Å². The van der Waals surface area contributed by atoms with Crippen LogP contribution in [0.2, 0.25) is 0 Å². The van der Waals surface area contributed by atoms with E-state index in [1.54, 1.807) is 43.2 Å². The van der Waals surface area contributed by atoms with E-state index >= 15 is 0 Å². The van der Waals surface area contributed by atoms with Crippen molar-refractivity contribution in [3.05, 3.63) is 40.8 Å². The molecule has 0 saturated carbocycles. The predicted octanol–water partition coefficient (Wildman–Crippen LogP) is 1.99. The Hall–Kier alpha value is -1.77. The van der Waals surface area contributed by atoms with Crippen LogP contribution in [0.1, 0.15) is 0 Å². The van der Waals surface area contributed by atoms with Crippen molar-refractivity contribution in [3.8, 4) is 0 Å². The zero-order chi connectivity index (χ0) is 16.6. The molecule has 0 fully saturated rings. The van der Waals surface area contributed by atoms with Gasteiger partial charge in [-0.1, -0.05) is 0 Å². The number of nitrogens with zero attached hydrogens (tertiary/aromatic N) is 1. The third-order valence-electron chi connectivity index (χ3n) is 3.82.